The van der Waals surface area contributed by atoms with Gasteiger partial charge in [-0.15, -0.1) is 0 Å². The molecule has 0 aromatic heterocycles. The highest BCUT2D eigenvalue weighted by Crippen LogP contribution is 2.19. The van der Waals surface area contributed by atoms with Gasteiger partial charge in [-0.3, -0.25) is 0 Å². The Kier molecular flexibility index (Phi) is 15.4. The molecular weight excluding hydrogens is 326 g/mol. The molecule has 0 unspecified atom stereocenters. The van der Waals surface area contributed by atoms with E-state index in [-0.39, 0.29) is 17.9 Å². The van der Waals surface area contributed by atoms with Gasteiger partial charge in [0.25, 0.3) is 0 Å². The standard InChI is InChI=1S/C23H41N.ClH/c1-4-5-6-7-8-9-10-11-12-13-14-18-21-24-23(2,3)22-19-16-15-17-20-22;/h15-17,19-20,24H,4-14,18,21H2,1-3H3;1H/p-1. The molecule has 25 heavy (non-hydrogen) atoms. The first-order valence-corrected chi connectivity index (χ1v) is 10.5. The van der Waals surface area contributed by atoms with E-state index >= 15 is 0 Å². The predicted octanol–water partition coefficient (Wildman–Crippen LogP) is 4.22. The van der Waals surface area contributed by atoms with Crippen LogP contribution in [-0.2, 0) is 5.54 Å². The molecule has 0 aliphatic heterocycles. The average Bonchev–Trinajstić information content (AvgIpc) is 2.60. The molecule has 1 aromatic rings. The monoisotopic (exact) mass is 366 g/mol. The van der Waals surface area contributed by atoms with Crippen molar-refractivity contribution >= 4 is 0 Å². The van der Waals surface area contributed by atoms with Gasteiger partial charge >= 0.3 is 0 Å². The second kappa shape index (κ2) is 15.7. The van der Waals surface area contributed by atoms with Gasteiger partial charge in [0.1, 0.15) is 0 Å². The molecule has 0 saturated carbocycles. The Morgan fingerprint density at radius 2 is 1.12 bits per heavy atom. The third-order valence-corrected chi connectivity index (χ3v) is 5.09. The normalized spacial score (nSPS) is 11.3. The van der Waals surface area contributed by atoms with Crippen molar-refractivity contribution < 1.29 is 12.4 Å². The summed E-state index contributed by atoms with van der Waals surface area (Å²) in [5.74, 6) is 0. The van der Waals surface area contributed by atoms with Gasteiger partial charge in [0, 0.05) is 5.54 Å². The van der Waals surface area contributed by atoms with Gasteiger partial charge < -0.3 is 17.7 Å². The van der Waals surface area contributed by atoms with E-state index in [0.717, 1.165) is 6.54 Å². The van der Waals surface area contributed by atoms with E-state index in [9.17, 15) is 0 Å². The second-order valence-electron chi connectivity index (χ2n) is 7.81. The van der Waals surface area contributed by atoms with Gasteiger partial charge in [0.2, 0.25) is 0 Å². The quantitative estimate of drug-likeness (QED) is 0.458. The van der Waals surface area contributed by atoms with Crippen molar-refractivity contribution in [2.45, 2.75) is 103 Å². The van der Waals surface area contributed by atoms with Gasteiger partial charge in [0.05, 0.1) is 0 Å². The van der Waals surface area contributed by atoms with Gasteiger partial charge in [-0.05, 0) is 32.4 Å². The topological polar surface area (TPSA) is 12.0 Å². The molecule has 146 valence electrons. The summed E-state index contributed by atoms with van der Waals surface area (Å²) < 4.78 is 0. The lowest BCUT2D eigenvalue weighted by Gasteiger charge is -2.27. The highest BCUT2D eigenvalue weighted by Gasteiger charge is 2.18. The maximum atomic E-state index is 3.71. The lowest BCUT2D eigenvalue weighted by Crippen LogP contribution is -3.00. The number of benzene rings is 1. The smallest absolute Gasteiger partial charge is 0.0377 e. The van der Waals surface area contributed by atoms with E-state index in [1.54, 1.807) is 0 Å². The fourth-order valence-electron chi connectivity index (χ4n) is 3.32. The summed E-state index contributed by atoms with van der Waals surface area (Å²) in [6.07, 6.45) is 17.0. The Bertz CT molecular complexity index is 388. The lowest BCUT2D eigenvalue weighted by molar-refractivity contribution is -0.00000567. The van der Waals surface area contributed by atoms with Crippen molar-refractivity contribution in [2.75, 3.05) is 6.54 Å². The summed E-state index contributed by atoms with van der Waals surface area (Å²) in [5, 5.41) is 3.71. The molecule has 1 N–H and O–H groups in total. The minimum Gasteiger partial charge on any atom is -1.00 e. The molecule has 0 heterocycles. The van der Waals surface area contributed by atoms with Crippen molar-refractivity contribution in [3.8, 4) is 0 Å². The SMILES string of the molecule is CCCCCCCCCCCCCCNC(C)(C)c1ccccc1.[Cl-]. The summed E-state index contributed by atoms with van der Waals surface area (Å²) in [4.78, 5) is 0. The zero-order valence-electron chi connectivity index (χ0n) is 17.0. The minimum atomic E-state index is 0. The van der Waals surface area contributed by atoms with Crippen LogP contribution in [0.15, 0.2) is 30.3 Å². The van der Waals surface area contributed by atoms with Crippen LogP contribution in [0.1, 0.15) is 103 Å². The summed E-state index contributed by atoms with van der Waals surface area (Å²) in [7, 11) is 0. The van der Waals surface area contributed by atoms with E-state index in [0.29, 0.717) is 0 Å². The molecular formula is C23H41ClN-. The number of hydrogen-bond acceptors (Lipinski definition) is 1. The Morgan fingerprint density at radius 1 is 0.680 bits per heavy atom. The predicted molar refractivity (Wildman–Crippen MR) is 109 cm³/mol. The third kappa shape index (κ3) is 12.5. The van der Waals surface area contributed by atoms with E-state index in [1.165, 1.54) is 82.6 Å². The maximum absolute atomic E-state index is 3.71. The molecule has 1 aromatic carbocycles. The van der Waals surface area contributed by atoms with Gasteiger partial charge in [-0.2, -0.15) is 0 Å². The summed E-state index contributed by atoms with van der Waals surface area (Å²) in [5.41, 5.74) is 1.46. The zero-order valence-corrected chi connectivity index (χ0v) is 17.7. The zero-order chi connectivity index (χ0) is 17.5. The van der Waals surface area contributed by atoms with Crippen LogP contribution in [0.4, 0.5) is 0 Å². The molecule has 1 nitrogen and oxygen atoms in total. The Balaban J connectivity index is 0.00000576. The highest BCUT2D eigenvalue weighted by atomic mass is 35.5. The molecule has 0 bridgehead atoms. The maximum Gasteiger partial charge on any atom is 0.0377 e. The fraction of sp³-hybridized carbons (Fsp3) is 0.739. The Morgan fingerprint density at radius 3 is 1.60 bits per heavy atom. The molecule has 0 aliphatic carbocycles. The van der Waals surface area contributed by atoms with E-state index in [1.807, 2.05) is 0 Å². The van der Waals surface area contributed by atoms with E-state index in [4.69, 9.17) is 0 Å². The van der Waals surface area contributed by atoms with Crippen molar-refractivity contribution in [3.05, 3.63) is 35.9 Å². The van der Waals surface area contributed by atoms with Crippen LogP contribution in [0, 0.1) is 0 Å². The summed E-state index contributed by atoms with van der Waals surface area (Å²) in [6.45, 7) is 7.98. The molecule has 0 fully saturated rings. The first kappa shape index (κ1) is 24.5. The Labute approximate surface area is 163 Å². The fourth-order valence-corrected chi connectivity index (χ4v) is 3.32. The van der Waals surface area contributed by atoms with Crippen LogP contribution in [0.3, 0.4) is 0 Å². The first-order valence-electron chi connectivity index (χ1n) is 10.5. The van der Waals surface area contributed by atoms with Gasteiger partial charge in [-0.25, -0.2) is 0 Å². The first-order chi connectivity index (χ1) is 11.7. The van der Waals surface area contributed by atoms with E-state index < -0.39 is 0 Å². The lowest BCUT2D eigenvalue weighted by atomic mass is 9.94. The molecule has 0 radical (unpaired) electrons. The van der Waals surface area contributed by atoms with Crippen molar-refractivity contribution in [2.24, 2.45) is 0 Å². The number of rotatable bonds is 15. The van der Waals surface area contributed by atoms with Crippen LogP contribution in [0.5, 0.6) is 0 Å². The number of nitrogens with one attached hydrogen (secondary N) is 1. The molecule has 0 saturated heterocycles. The van der Waals surface area contributed by atoms with Crippen LogP contribution in [-0.4, -0.2) is 6.54 Å². The third-order valence-electron chi connectivity index (χ3n) is 5.09. The van der Waals surface area contributed by atoms with Gasteiger partial charge in [-0.1, -0.05) is 108 Å². The molecule has 2 heteroatoms. The molecule has 0 atom stereocenters. The van der Waals surface area contributed by atoms with Crippen LogP contribution in [0.25, 0.3) is 0 Å². The van der Waals surface area contributed by atoms with E-state index in [2.05, 4.69) is 56.4 Å². The van der Waals surface area contributed by atoms with Crippen molar-refractivity contribution in [3.63, 3.8) is 0 Å². The van der Waals surface area contributed by atoms with Crippen LogP contribution >= 0.6 is 0 Å². The molecule has 1 rings (SSSR count). The summed E-state index contributed by atoms with van der Waals surface area (Å²) in [6, 6.07) is 10.8. The largest absolute Gasteiger partial charge is 1.00 e. The van der Waals surface area contributed by atoms with Crippen molar-refractivity contribution in [1.29, 1.82) is 0 Å². The minimum absolute atomic E-state index is 0. The number of hydrogen-bond donors (Lipinski definition) is 1. The molecule has 0 aliphatic rings. The van der Waals surface area contributed by atoms with Crippen LogP contribution < -0.4 is 17.7 Å². The summed E-state index contributed by atoms with van der Waals surface area (Å²) >= 11 is 0. The average molecular weight is 367 g/mol. The van der Waals surface area contributed by atoms with Gasteiger partial charge in [0.15, 0.2) is 0 Å². The number of halogens is 1. The highest BCUT2D eigenvalue weighted by molar-refractivity contribution is 5.22. The second-order valence-corrected chi connectivity index (χ2v) is 7.81. The number of unbranched alkanes of at least 4 members (excludes halogenated alkanes) is 11. The van der Waals surface area contributed by atoms with Crippen LogP contribution in [0.2, 0.25) is 0 Å². The Hall–Kier alpha value is -0.530. The molecule has 0 amide bonds. The van der Waals surface area contributed by atoms with Crippen molar-refractivity contribution in [1.82, 2.24) is 5.32 Å². The molecule has 0 spiro atoms.